The highest BCUT2D eigenvalue weighted by molar-refractivity contribution is 5.96. The van der Waals surface area contributed by atoms with Gasteiger partial charge in [0.15, 0.2) is 0 Å². The maximum Gasteiger partial charge on any atom is 0.257 e. The van der Waals surface area contributed by atoms with Gasteiger partial charge in [-0.05, 0) is 31.4 Å². The Hall–Kier alpha value is -3.60. The van der Waals surface area contributed by atoms with Crippen molar-refractivity contribution in [1.29, 1.82) is 5.26 Å². The zero-order valence-corrected chi connectivity index (χ0v) is 19.7. The minimum absolute atomic E-state index is 0.0384. The van der Waals surface area contributed by atoms with E-state index in [1.807, 2.05) is 35.0 Å². The van der Waals surface area contributed by atoms with Crippen molar-refractivity contribution in [3.8, 4) is 6.07 Å². The van der Waals surface area contributed by atoms with Crippen LogP contribution < -0.4 is 5.32 Å². The molecule has 4 rings (SSSR count). The molecule has 34 heavy (non-hydrogen) atoms. The molecule has 8 nitrogen and oxygen atoms in total. The molecule has 2 aliphatic rings. The van der Waals surface area contributed by atoms with Crippen LogP contribution in [0.5, 0.6) is 0 Å². The molecule has 1 aliphatic carbocycles. The molecule has 2 heterocycles. The lowest BCUT2D eigenvalue weighted by molar-refractivity contribution is -0.131. The van der Waals surface area contributed by atoms with Gasteiger partial charge in [0, 0.05) is 37.1 Å². The molecule has 8 heteroatoms. The van der Waals surface area contributed by atoms with Crippen LogP contribution in [0.4, 0.5) is 5.69 Å². The fourth-order valence-electron chi connectivity index (χ4n) is 4.88. The third-order valence-electron chi connectivity index (χ3n) is 6.86. The lowest BCUT2D eigenvalue weighted by Crippen LogP contribution is -2.43. The van der Waals surface area contributed by atoms with Gasteiger partial charge in [-0.15, -0.1) is 0 Å². The lowest BCUT2D eigenvalue weighted by Gasteiger charge is -2.24. The van der Waals surface area contributed by atoms with Crippen LogP contribution in [-0.4, -0.2) is 57.6 Å². The average Bonchev–Trinajstić information content (AvgIpc) is 3.52. The molecule has 0 spiro atoms. The van der Waals surface area contributed by atoms with Crippen molar-refractivity contribution >= 4 is 17.5 Å². The van der Waals surface area contributed by atoms with Crippen molar-refractivity contribution in [2.45, 2.75) is 50.6 Å². The summed E-state index contributed by atoms with van der Waals surface area (Å²) in [4.78, 5) is 29.0. The van der Waals surface area contributed by atoms with Crippen molar-refractivity contribution in [1.82, 2.24) is 19.6 Å². The second-order valence-corrected chi connectivity index (χ2v) is 9.30. The van der Waals surface area contributed by atoms with Gasteiger partial charge in [0.1, 0.15) is 6.04 Å². The number of carbonyl (C=O) groups is 2. The van der Waals surface area contributed by atoms with Gasteiger partial charge in [0.05, 0.1) is 30.4 Å². The van der Waals surface area contributed by atoms with Crippen LogP contribution >= 0.6 is 0 Å². The van der Waals surface area contributed by atoms with Crippen molar-refractivity contribution in [3.05, 3.63) is 60.6 Å². The van der Waals surface area contributed by atoms with Crippen LogP contribution in [0.3, 0.4) is 0 Å². The monoisotopic (exact) mass is 460 g/mol. The molecule has 2 fully saturated rings. The number of aromatic nitrogens is 2. The van der Waals surface area contributed by atoms with Crippen LogP contribution in [0.25, 0.3) is 0 Å². The van der Waals surface area contributed by atoms with E-state index in [2.05, 4.69) is 23.1 Å². The molecule has 1 saturated heterocycles. The first-order valence-electron chi connectivity index (χ1n) is 12.0. The number of anilines is 1. The summed E-state index contributed by atoms with van der Waals surface area (Å²) in [5, 5.41) is 17.3. The topological polar surface area (TPSA) is 94.3 Å². The number of rotatable bonds is 7. The zero-order chi connectivity index (χ0) is 24.1. The van der Waals surface area contributed by atoms with Gasteiger partial charge < -0.3 is 15.1 Å². The highest BCUT2D eigenvalue weighted by Gasteiger charge is 2.37. The number of carbonyl (C=O) groups excluding carboxylic acids is 2. The molecule has 0 radical (unpaired) electrons. The zero-order valence-electron chi connectivity index (χ0n) is 19.7. The second kappa shape index (κ2) is 10.6. The average molecular weight is 461 g/mol. The van der Waals surface area contributed by atoms with Crippen LogP contribution in [-0.2, 0) is 4.79 Å². The maximum atomic E-state index is 13.0. The Morgan fingerprint density at radius 3 is 2.68 bits per heavy atom. The van der Waals surface area contributed by atoms with Crippen molar-refractivity contribution in [2.75, 3.05) is 25.5 Å². The Morgan fingerprint density at radius 1 is 1.24 bits per heavy atom. The molecule has 2 atom stereocenters. The minimum Gasteiger partial charge on any atom is -0.359 e. The van der Waals surface area contributed by atoms with Crippen LogP contribution in [0.2, 0.25) is 0 Å². The fraction of sp³-hybridized carbons (Fsp3) is 0.462. The molecule has 1 aliphatic heterocycles. The summed E-state index contributed by atoms with van der Waals surface area (Å²) in [5.41, 5.74) is 2.18. The van der Waals surface area contributed by atoms with E-state index >= 15 is 0 Å². The Bertz CT molecular complexity index is 1070. The summed E-state index contributed by atoms with van der Waals surface area (Å²) in [7, 11) is 1.61. The van der Waals surface area contributed by atoms with Crippen LogP contribution in [0.15, 0.2) is 55.0 Å². The van der Waals surface area contributed by atoms with E-state index in [4.69, 9.17) is 0 Å². The Labute approximate surface area is 200 Å². The standard InChI is InChI=1S/C26H32N6O2/c1-19(29-22-9-5-3-6-10-22)20-13-24(14-27)31(16-20)25(33)18-30(2)26(34)21-15-28-32(17-21)23-11-7-4-8-12-23/h3,5-6,9-10,15,17,20,23-24,29H,1,4,7-8,11-13,16,18H2,2H3. The van der Waals surface area contributed by atoms with E-state index in [1.165, 1.54) is 24.2 Å². The number of benzene rings is 1. The first-order chi connectivity index (χ1) is 16.5. The number of hydrogen-bond acceptors (Lipinski definition) is 5. The molecular formula is C26H32N6O2. The number of likely N-dealkylation sites (tertiary alicyclic amines) is 1. The Morgan fingerprint density at radius 2 is 1.97 bits per heavy atom. The predicted molar refractivity (Wildman–Crippen MR) is 130 cm³/mol. The number of amides is 2. The number of para-hydroxylation sites is 1. The lowest BCUT2D eigenvalue weighted by atomic mass is 9.96. The molecule has 1 N–H and O–H groups in total. The smallest absolute Gasteiger partial charge is 0.257 e. The molecule has 1 aromatic heterocycles. The predicted octanol–water partition coefficient (Wildman–Crippen LogP) is 3.83. The summed E-state index contributed by atoms with van der Waals surface area (Å²) in [5.74, 6) is -0.518. The minimum atomic E-state index is -0.538. The SMILES string of the molecule is C=C(Nc1ccccc1)C1CC(C#N)N(C(=O)CN(C)C(=O)c2cnn(C3CCCCC3)c2)C1. The molecule has 0 bridgehead atoms. The number of likely N-dealkylation sites (N-methyl/N-ethyl adjacent to an activating group) is 1. The summed E-state index contributed by atoms with van der Waals surface area (Å²) >= 11 is 0. The van der Waals surface area contributed by atoms with E-state index in [0.717, 1.165) is 24.2 Å². The summed E-state index contributed by atoms with van der Waals surface area (Å²) in [6.07, 6.45) is 9.69. The Balaban J connectivity index is 1.34. The van der Waals surface area contributed by atoms with Gasteiger partial charge in [-0.3, -0.25) is 14.3 Å². The van der Waals surface area contributed by atoms with E-state index < -0.39 is 6.04 Å². The van der Waals surface area contributed by atoms with Gasteiger partial charge in [-0.25, -0.2) is 0 Å². The van der Waals surface area contributed by atoms with E-state index in [9.17, 15) is 14.9 Å². The van der Waals surface area contributed by atoms with Gasteiger partial charge in [0.25, 0.3) is 5.91 Å². The Kier molecular flexibility index (Phi) is 7.31. The van der Waals surface area contributed by atoms with E-state index in [0.29, 0.717) is 24.6 Å². The van der Waals surface area contributed by atoms with Gasteiger partial charge in [0.2, 0.25) is 5.91 Å². The maximum absolute atomic E-state index is 13.0. The molecule has 1 saturated carbocycles. The third kappa shape index (κ3) is 5.30. The summed E-state index contributed by atoms with van der Waals surface area (Å²) in [6.45, 7) is 4.45. The van der Waals surface area contributed by atoms with Gasteiger partial charge in [-0.1, -0.05) is 44.0 Å². The number of nitrogens with zero attached hydrogens (tertiary/aromatic N) is 5. The number of nitrogens with one attached hydrogen (secondary N) is 1. The first kappa shape index (κ1) is 23.6. The fourth-order valence-corrected chi connectivity index (χ4v) is 4.88. The molecule has 2 unspecified atom stereocenters. The highest BCUT2D eigenvalue weighted by Crippen LogP contribution is 2.30. The first-order valence-corrected chi connectivity index (χ1v) is 12.0. The molecule has 1 aromatic carbocycles. The largest absolute Gasteiger partial charge is 0.359 e. The van der Waals surface area contributed by atoms with Crippen molar-refractivity contribution in [3.63, 3.8) is 0 Å². The molecule has 2 amide bonds. The van der Waals surface area contributed by atoms with E-state index in [-0.39, 0.29) is 24.3 Å². The molecule has 2 aromatic rings. The number of nitriles is 1. The van der Waals surface area contributed by atoms with E-state index in [1.54, 1.807) is 24.3 Å². The quantitative estimate of drug-likeness (QED) is 0.678. The number of hydrogen-bond donors (Lipinski definition) is 1. The van der Waals surface area contributed by atoms with Gasteiger partial charge >= 0.3 is 0 Å². The van der Waals surface area contributed by atoms with Gasteiger partial charge in [-0.2, -0.15) is 10.4 Å². The highest BCUT2D eigenvalue weighted by atomic mass is 16.2. The van der Waals surface area contributed by atoms with Crippen LogP contribution in [0, 0.1) is 17.2 Å². The summed E-state index contributed by atoms with van der Waals surface area (Å²) in [6, 6.07) is 11.7. The normalized spacial score (nSPS) is 20.5. The second-order valence-electron chi connectivity index (χ2n) is 9.30. The summed E-state index contributed by atoms with van der Waals surface area (Å²) < 4.78 is 1.89. The van der Waals surface area contributed by atoms with Crippen molar-refractivity contribution < 1.29 is 9.59 Å². The molecule has 178 valence electrons. The van der Waals surface area contributed by atoms with Crippen molar-refractivity contribution in [2.24, 2.45) is 5.92 Å². The third-order valence-corrected chi connectivity index (χ3v) is 6.86. The van der Waals surface area contributed by atoms with Crippen LogP contribution in [0.1, 0.15) is 54.9 Å². The molecular weight excluding hydrogens is 428 g/mol.